The SMILES string of the molecule is COCCN(C)c1ccc(N/C=C2/C(=O)Nc3cccc(C)c32)cc1. The maximum Gasteiger partial charge on any atom is 0.257 e. The van der Waals surface area contributed by atoms with E-state index in [-0.39, 0.29) is 5.91 Å². The number of anilines is 3. The normalized spacial score (nSPS) is 14.4. The summed E-state index contributed by atoms with van der Waals surface area (Å²) < 4.78 is 5.10. The summed E-state index contributed by atoms with van der Waals surface area (Å²) in [5.41, 5.74) is 5.64. The Labute approximate surface area is 148 Å². The molecule has 0 bridgehead atoms. The molecule has 130 valence electrons. The second kappa shape index (κ2) is 7.40. The van der Waals surface area contributed by atoms with Crippen LogP contribution >= 0.6 is 0 Å². The van der Waals surface area contributed by atoms with E-state index < -0.39 is 0 Å². The van der Waals surface area contributed by atoms with E-state index >= 15 is 0 Å². The number of hydrogen-bond donors (Lipinski definition) is 2. The van der Waals surface area contributed by atoms with Crippen molar-refractivity contribution in [2.45, 2.75) is 6.92 Å². The molecular formula is C20H23N3O2. The van der Waals surface area contributed by atoms with Crippen LogP contribution < -0.4 is 15.5 Å². The van der Waals surface area contributed by atoms with Gasteiger partial charge in [0, 0.05) is 49.5 Å². The molecule has 0 aromatic heterocycles. The first-order valence-electron chi connectivity index (χ1n) is 8.28. The van der Waals surface area contributed by atoms with E-state index in [0.717, 1.165) is 34.7 Å². The van der Waals surface area contributed by atoms with Crippen LogP contribution in [-0.4, -0.2) is 33.2 Å². The molecule has 0 fully saturated rings. The minimum absolute atomic E-state index is 0.0762. The Morgan fingerprint density at radius 2 is 1.96 bits per heavy atom. The van der Waals surface area contributed by atoms with Crippen molar-refractivity contribution in [1.29, 1.82) is 0 Å². The molecule has 5 heteroatoms. The number of carbonyl (C=O) groups is 1. The van der Waals surface area contributed by atoms with Gasteiger partial charge in [0.05, 0.1) is 12.2 Å². The Bertz CT molecular complexity index is 797. The third kappa shape index (κ3) is 3.67. The number of aryl methyl sites for hydroxylation is 1. The van der Waals surface area contributed by atoms with Crippen LogP contribution in [0.1, 0.15) is 11.1 Å². The Morgan fingerprint density at radius 3 is 2.68 bits per heavy atom. The molecule has 25 heavy (non-hydrogen) atoms. The minimum Gasteiger partial charge on any atom is -0.383 e. The van der Waals surface area contributed by atoms with E-state index in [9.17, 15) is 4.79 Å². The van der Waals surface area contributed by atoms with Crippen LogP contribution in [0.2, 0.25) is 0 Å². The first-order chi connectivity index (χ1) is 12.1. The summed E-state index contributed by atoms with van der Waals surface area (Å²) in [6, 6.07) is 14.0. The average Bonchev–Trinajstić information content (AvgIpc) is 2.95. The Balaban J connectivity index is 1.74. The molecule has 0 unspecified atom stereocenters. The molecule has 0 saturated heterocycles. The van der Waals surface area contributed by atoms with Crippen molar-refractivity contribution in [2.24, 2.45) is 0 Å². The van der Waals surface area contributed by atoms with Crippen molar-refractivity contribution in [1.82, 2.24) is 0 Å². The average molecular weight is 337 g/mol. The van der Waals surface area contributed by atoms with Crippen molar-refractivity contribution >= 4 is 28.5 Å². The molecule has 1 heterocycles. The molecule has 5 nitrogen and oxygen atoms in total. The summed E-state index contributed by atoms with van der Waals surface area (Å²) in [5.74, 6) is -0.0762. The van der Waals surface area contributed by atoms with Gasteiger partial charge >= 0.3 is 0 Å². The van der Waals surface area contributed by atoms with Crippen molar-refractivity contribution in [2.75, 3.05) is 42.8 Å². The Kier molecular flexibility index (Phi) is 5.05. The highest BCUT2D eigenvalue weighted by molar-refractivity contribution is 6.32. The number of amides is 1. The quantitative estimate of drug-likeness (QED) is 0.793. The molecule has 2 aromatic rings. The molecule has 0 saturated carbocycles. The Hall–Kier alpha value is -2.79. The first-order valence-corrected chi connectivity index (χ1v) is 8.28. The van der Waals surface area contributed by atoms with Gasteiger partial charge in [0.2, 0.25) is 0 Å². The highest BCUT2D eigenvalue weighted by atomic mass is 16.5. The molecule has 1 amide bonds. The van der Waals surface area contributed by atoms with Crippen molar-refractivity contribution in [3.05, 3.63) is 59.8 Å². The number of carbonyl (C=O) groups excluding carboxylic acids is 1. The van der Waals surface area contributed by atoms with E-state index in [1.165, 1.54) is 0 Å². The third-order valence-corrected chi connectivity index (χ3v) is 4.36. The van der Waals surface area contributed by atoms with Gasteiger partial charge in [-0.2, -0.15) is 0 Å². The minimum atomic E-state index is -0.0762. The lowest BCUT2D eigenvalue weighted by Gasteiger charge is -2.19. The monoisotopic (exact) mass is 337 g/mol. The molecule has 2 N–H and O–H groups in total. The van der Waals surface area contributed by atoms with Gasteiger partial charge < -0.3 is 20.3 Å². The van der Waals surface area contributed by atoms with E-state index in [0.29, 0.717) is 12.2 Å². The van der Waals surface area contributed by atoms with Crippen molar-refractivity contribution in [3.63, 3.8) is 0 Å². The number of rotatable bonds is 6. The number of methoxy groups -OCH3 is 1. The van der Waals surface area contributed by atoms with E-state index in [4.69, 9.17) is 4.74 Å². The fourth-order valence-electron chi connectivity index (χ4n) is 2.90. The molecule has 0 spiro atoms. The number of benzene rings is 2. The number of nitrogens with one attached hydrogen (secondary N) is 2. The largest absolute Gasteiger partial charge is 0.383 e. The summed E-state index contributed by atoms with van der Waals surface area (Å²) in [5, 5.41) is 6.13. The number of likely N-dealkylation sites (N-methyl/N-ethyl adjacent to an activating group) is 1. The standard InChI is InChI=1S/C20H23N3O2/c1-14-5-4-6-18-19(14)17(20(24)22-18)13-21-15-7-9-16(10-8-15)23(2)11-12-25-3/h4-10,13,21H,11-12H2,1-3H3,(H,22,24)/b17-13+. The lowest BCUT2D eigenvalue weighted by molar-refractivity contribution is -0.110. The zero-order valence-electron chi connectivity index (χ0n) is 14.8. The highest BCUT2D eigenvalue weighted by Gasteiger charge is 2.25. The summed E-state index contributed by atoms with van der Waals surface area (Å²) in [6.45, 7) is 3.54. The molecule has 1 aliphatic rings. The third-order valence-electron chi connectivity index (χ3n) is 4.36. The van der Waals surface area contributed by atoms with Crippen LogP contribution in [0.3, 0.4) is 0 Å². The number of ether oxygens (including phenoxy) is 1. The molecule has 0 aliphatic carbocycles. The zero-order valence-corrected chi connectivity index (χ0v) is 14.8. The van der Waals surface area contributed by atoms with E-state index in [1.807, 2.05) is 56.4 Å². The topological polar surface area (TPSA) is 53.6 Å². The van der Waals surface area contributed by atoms with Gasteiger partial charge in [-0.15, -0.1) is 0 Å². The van der Waals surface area contributed by atoms with Gasteiger partial charge in [-0.1, -0.05) is 12.1 Å². The van der Waals surface area contributed by atoms with Gasteiger partial charge in [-0.25, -0.2) is 0 Å². The summed E-state index contributed by atoms with van der Waals surface area (Å²) in [4.78, 5) is 14.3. The van der Waals surface area contributed by atoms with Crippen LogP contribution in [0.15, 0.2) is 48.7 Å². The number of fused-ring (bicyclic) bond motifs is 1. The predicted molar refractivity (Wildman–Crippen MR) is 103 cm³/mol. The summed E-state index contributed by atoms with van der Waals surface area (Å²) in [6.07, 6.45) is 1.78. The second-order valence-electron chi connectivity index (χ2n) is 6.12. The fraction of sp³-hybridized carbons (Fsp3) is 0.250. The zero-order chi connectivity index (χ0) is 17.8. The van der Waals surface area contributed by atoms with Crippen molar-refractivity contribution in [3.8, 4) is 0 Å². The van der Waals surface area contributed by atoms with Gasteiger partial charge in [0.25, 0.3) is 5.91 Å². The van der Waals surface area contributed by atoms with Gasteiger partial charge in [0.1, 0.15) is 0 Å². The first kappa shape index (κ1) is 17.0. The summed E-state index contributed by atoms with van der Waals surface area (Å²) in [7, 11) is 3.74. The predicted octanol–water partition coefficient (Wildman–Crippen LogP) is 3.48. The lowest BCUT2D eigenvalue weighted by atomic mass is 10.0. The van der Waals surface area contributed by atoms with E-state index in [1.54, 1.807) is 13.3 Å². The second-order valence-corrected chi connectivity index (χ2v) is 6.12. The molecular weight excluding hydrogens is 314 g/mol. The number of hydrogen-bond acceptors (Lipinski definition) is 4. The van der Waals surface area contributed by atoms with Crippen LogP contribution in [0.5, 0.6) is 0 Å². The smallest absolute Gasteiger partial charge is 0.257 e. The van der Waals surface area contributed by atoms with Gasteiger partial charge in [0.15, 0.2) is 0 Å². The molecule has 1 aliphatic heterocycles. The highest BCUT2D eigenvalue weighted by Crippen LogP contribution is 2.34. The molecule has 2 aromatic carbocycles. The van der Waals surface area contributed by atoms with Crippen LogP contribution in [0.25, 0.3) is 5.57 Å². The van der Waals surface area contributed by atoms with Crippen LogP contribution in [0, 0.1) is 6.92 Å². The molecule has 0 atom stereocenters. The fourth-order valence-corrected chi connectivity index (χ4v) is 2.90. The number of nitrogens with zero attached hydrogens (tertiary/aromatic N) is 1. The Morgan fingerprint density at radius 1 is 1.20 bits per heavy atom. The van der Waals surface area contributed by atoms with Gasteiger partial charge in [-0.3, -0.25) is 4.79 Å². The van der Waals surface area contributed by atoms with Crippen LogP contribution in [0.4, 0.5) is 17.1 Å². The molecule has 0 radical (unpaired) electrons. The maximum atomic E-state index is 12.2. The van der Waals surface area contributed by atoms with Gasteiger partial charge in [-0.05, 0) is 42.8 Å². The van der Waals surface area contributed by atoms with E-state index in [2.05, 4.69) is 15.5 Å². The van der Waals surface area contributed by atoms with Crippen molar-refractivity contribution < 1.29 is 9.53 Å². The molecule has 3 rings (SSSR count). The summed E-state index contributed by atoms with van der Waals surface area (Å²) >= 11 is 0. The lowest BCUT2D eigenvalue weighted by Crippen LogP contribution is -2.21. The maximum absolute atomic E-state index is 12.2. The van der Waals surface area contributed by atoms with Crippen LogP contribution in [-0.2, 0) is 9.53 Å².